The first-order valence-corrected chi connectivity index (χ1v) is 9.51. The lowest BCUT2D eigenvalue weighted by atomic mass is 9.83. The van der Waals surface area contributed by atoms with Gasteiger partial charge >= 0.3 is 5.97 Å². The van der Waals surface area contributed by atoms with Crippen LogP contribution in [-0.4, -0.2) is 49.3 Å². The lowest BCUT2D eigenvalue weighted by Gasteiger charge is -2.38. The highest BCUT2D eigenvalue weighted by molar-refractivity contribution is 5.66. The van der Waals surface area contributed by atoms with Gasteiger partial charge in [0.05, 0.1) is 6.42 Å². The molecule has 0 saturated carbocycles. The topological polar surface area (TPSA) is 101 Å². The van der Waals surface area contributed by atoms with Gasteiger partial charge in [0.15, 0.2) is 0 Å². The van der Waals surface area contributed by atoms with E-state index in [-0.39, 0.29) is 18.9 Å². The highest BCUT2D eigenvalue weighted by atomic mass is 19.1. The third-order valence-corrected chi connectivity index (χ3v) is 5.33. The summed E-state index contributed by atoms with van der Waals surface area (Å²) in [6, 6.07) is 4.71. The van der Waals surface area contributed by atoms with Gasteiger partial charge in [-0.2, -0.15) is 0 Å². The third-order valence-electron chi connectivity index (χ3n) is 5.33. The maximum Gasteiger partial charge on any atom is 0.303 e. The van der Waals surface area contributed by atoms with E-state index in [1.54, 1.807) is 0 Å². The summed E-state index contributed by atoms with van der Waals surface area (Å²) in [5, 5.41) is 41.1. The predicted octanol–water partition coefficient (Wildman–Crippen LogP) is 2.56. The highest BCUT2D eigenvalue weighted by Crippen LogP contribution is 2.47. The molecule has 1 aliphatic rings. The van der Waals surface area contributed by atoms with Gasteiger partial charge in [-0.3, -0.25) is 4.79 Å². The Labute approximate surface area is 159 Å². The van der Waals surface area contributed by atoms with Crippen LogP contribution < -0.4 is 0 Å². The van der Waals surface area contributed by atoms with Crippen molar-refractivity contribution in [3.05, 3.63) is 35.6 Å². The van der Waals surface area contributed by atoms with Crippen molar-refractivity contribution in [1.82, 2.24) is 4.90 Å². The van der Waals surface area contributed by atoms with Crippen molar-refractivity contribution >= 4 is 5.97 Å². The molecule has 0 spiro atoms. The van der Waals surface area contributed by atoms with Gasteiger partial charge in [-0.25, -0.2) is 9.29 Å². The maximum absolute atomic E-state index is 13.3. The molecule has 1 aromatic carbocycles. The number of carbonyl (C=O) groups is 1. The van der Waals surface area contributed by atoms with Crippen LogP contribution in [0.5, 0.6) is 0 Å². The quantitative estimate of drug-likeness (QED) is 0.386. The number of likely N-dealkylation sites (tertiary alicyclic amines) is 1. The molecule has 1 heterocycles. The minimum atomic E-state index is -2.16. The summed E-state index contributed by atoms with van der Waals surface area (Å²) in [5.74, 6) is -3.39. The van der Waals surface area contributed by atoms with Crippen molar-refractivity contribution < 1.29 is 29.6 Å². The maximum atomic E-state index is 13.3. The molecule has 6 nitrogen and oxygen atoms in total. The Morgan fingerprint density at radius 1 is 1.15 bits per heavy atom. The van der Waals surface area contributed by atoms with Gasteiger partial charge < -0.3 is 20.4 Å². The number of nitrogens with zero attached hydrogens (tertiary/aromatic N) is 1. The van der Waals surface area contributed by atoms with Gasteiger partial charge in [-0.05, 0) is 44.4 Å². The standard InChI is InChI=1S/C20H30FNO5/c1-14(2)22-17(7-5-3-4-6-8-18(23)24)19(25,13-20(22,26)27)15-9-11-16(21)12-10-15/h9-12,14,17,25-27H,3-8,13H2,1-2H3,(H,23,24)/t17-,19+/m0/s1. The van der Waals surface area contributed by atoms with Crippen LogP contribution in [0.3, 0.4) is 0 Å². The van der Waals surface area contributed by atoms with Crippen LogP contribution in [0.2, 0.25) is 0 Å². The summed E-state index contributed by atoms with van der Waals surface area (Å²) in [5.41, 5.74) is -1.06. The zero-order valence-electron chi connectivity index (χ0n) is 15.9. The molecule has 1 aliphatic heterocycles. The number of halogens is 1. The van der Waals surface area contributed by atoms with Crippen molar-refractivity contribution in [2.24, 2.45) is 0 Å². The molecule has 152 valence electrons. The van der Waals surface area contributed by atoms with Crippen LogP contribution in [0.15, 0.2) is 24.3 Å². The van der Waals surface area contributed by atoms with E-state index in [2.05, 4.69) is 0 Å². The monoisotopic (exact) mass is 383 g/mol. The summed E-state index contributed by atoms with van der Waals surface area (Å²) in [6.45, 7) is 3.66. The molecule has 4 N–H and O–H groups in total. The second-order valence-corrected chi connectivity index (χ2v) is 7.75. The first-order valence-electron chi connectivity index (χ1n) is 9.51. The number of rotatable bonds is 9. The number of aliphatic hydroxyl groups is 3. The average molecular weight is 383 g/mol. The fraction of sp³-hybridized carbons (Fsp3) is 0.650. The van der Waals surface area contributed by atoms with Gasteiger partial charge in [0, 0.05) is 18.5 Å². The Morgan fingerprint density at radius 3 is 2.30 bits per heavy atom. The molecule has 2 atom stereocenters. The summed E-state index contributed by atoms with van der Waals surface area (Å²) in [4.78, 5) is 12.1. The van der Waals surface area contributed by atoms with E-state index >= 15 is 0 Å². The van der Waals surface area contributed by atoms with Crippen LogP contribution in [0.1, 0.15) is 64.4 Å². The number of aliphatic carboxylic acids is 1. The SMILES string of the molecule is CC(C)N1[C@@H](CCCCCCC(=O)O)[C@](O)(c2ccc(F)cc2)CC1(O)O. The van der Waals surface area contributed by atoms with Crippen molar-refractivity contribution in [3.63, 3.8) is 0 Å². The van der Waals surface area contributed by atoms with Crippen LogP contribution in [0.25, 0.3) is 0 Å². The van der Waals surface area contributed by atoms with E-state index in [0.717, 1.165) is 12.8 Å². The Hall–Kier alpha value is -1.54. The van der Waals surface area contributed by atoms with Crippen molar-refractivity contribution in [3.8, 4) is 0 Å². The number of hydrogen-bond acceptors (Lipinski definition) is 5. The van der Waals surface area contributed by atoms with Crippen molar-refractivity contribution in [2.75, 3.05) is 0 Å². The van der Waals surface area contributed by atoms with Gasteiger partial charge in [0.1, 0.15) is 11.4 Å². The van der Waals surface area contributed by atoms with E-state index in [4.69, 9.17) is 5.11 Å². The molecule has 0 aliphatic carbocycles. The zero-order chi connectivity index (χ0) is 20.2. The Bertz CT molecular complexity index is 634. The van der Waals surface area contributed by atoms with Crippen LogP contribution >= 0.6 is 0 Å². The number of carboxylic acid groups (broad SMARTS) is 1. The fourth-order valence-electron chi connectivity index (χ4n) is 4.20. The lowest BCUT2D eigenvalue weighted by Crippen LogP contribution is -2.52. The van der Waals surface area contributed by atoms with Gasteiger partial charge in [0.25, 0.3) is 0 Å². The molecule has 0 amide bonds. The molecule has 0 aromatic heterocycles. The predicted molar refractivity (Wildman–Crippen MR) is 98.2 cm³/mol. The Kier molecular flexibility index (Phi) is 6.97. The van der Waals surface area contributed by atoms with E-state index < -0.39 is 29.3 Å². The normalized spacial score (nSPS) is 25.2. The molecule has 27 heavy (non-hydrogen) atoms. The molecule has 0 unspecified atom stereocenters. The molecule has 1 aromatic rings. The summed E-state index contributed by atoms with van der Waals surface area (Å²) in [7, 11) is 0. The smallest absolute Gasteiger partial charge is 0.303 e. The Morgan fingerprint density at radius 2 is 1.74 bits per heavy atom. The number of carboxylic acids is 1. The van der Waals surface area contributed by atoms with E-state index in [0.29, 0.717) is 24.8 Å². The van der Waals surface area contributed by atoms with Gasteiger partial charge in [-0.1, -0.05) is 31.4 Å². The first kappa shape index (κ1) is 21.8. The average Bonchev–Trinajstić information content (AvgIpc) is 2.77. The molecule has 1 saturated heterocycles. The molecule has 0 radical (unpaired) electrons. The number of benzene rings is 1. The summed E-state index contributed by atoms with van der Waals surface area (Å²) in [6.07, 6.45) is 3.23. The second-order valence-electron chi connectivity index (χ2n) is 7.75. The molecule has 1 fully saturated rings. The van der Waals surface area contributed by atoms with Crippen LogP contribution in [0, 0.1) is 5.82 Å². The highest BCUT2D eigenvalue weighted by Gasteiger charge is 2.59. The van der Waals surface area contributed by atoms with Crippen LogP contribution in [-0.2, 0) is 10.4 Å². The number of unbranched alkanes of at least 4 members (excludes halogenated alkanes) is 3. The van der Waals surface area contributed by atoms with Crippen molar-refractivity contribution in [2.45, 2.75) is 82.4 Å². The lowest BCUT2D eigenvalue weighted by molar-refractivity contribution is -0.261. The number of hydrogen-bond donors (Lipinski definition) is 4. The minimum absolute atomic E-state index is 0.136. The van der Waals surface area contributed by atoms with E-state index in [9.17, 15) is 24.5 Å². The summed E-state index contributed by atoms with van der Waals surface area (Å²) >= 11 is 0. The van der Waals surface area contributed by atoms with E-state index in [1.165, 1.54) is 29.2 Å². The zero-order valence-corrected chi connectivity index (χ0v) is 15.9. The van der Waals surface area contributed by atoms with Crippen LogP contribution in [0.4, 0.5) is 4.39 Å². The van der Waals surface area contributed by atoms with Gasteiger partial charge in [-0.15, -0.1) is 0 Å². The first-order chi connectivity index (χ1) is 12.6. The molecular formula is C20H30FNO5. The molecule has 2 rings (SSSR count). The van der Waals surface area contributed by atoms with E-state index in [1.807, 2.05) is 13.8 Å². The third kappa shape index (κ3) is 5.04. The fourth-order valence-corrected chi connectivity index (χ4v) is 4.20. The minimum Gasteiger partial charge on any atom is -0.481 e. The molecular weight excluding hydrogens is 353 g/mol. The van der Waals surface area contributed by atoms with Crippen molar-refractivity contribution in [1.29, 1.82) is 0 Å². The largest absolute Gasteiger partial charge is 0.481 e. The van der Waals surface area contributed by atoms with Gasteiger partial charge in [0.2, 0.25) is 5.91 Å². The molecule has 7 heteroatoms. The molecule has 0 bridgehead atoms. The second kappa shape index (κ2) is 8.65. The summed E-state index contributed by atoms with van der Waals surface area (Å²) < 4.78 is 13.3. The Balaban J connectivity index is 2.15.